The molecule has 2 nitrogen and oxygen atoms in total. The van der Waals surface area contributed by atoms with Crippen molar-refractivity contribution in [1.82, 2.24) is 0 Å². The van der Waals surface area contributed by atoms with Crippen LogP contribution in [0, 0.1) is 11.8 Å². The predicted octanol–water partition coefficient (Wildman–Crippen LogP) is 4.64. The number of benzene rings is 1. The van der Waals surface area contributed by atoms with Crippen LogP contribution in [-0.2, 0) is 6.42 Å². The second kappa shape index (κ2) is 5.99. The molecule has 0 spiro atoms. The van der Waals surface area contributed by atoms with Gasteiger partial charge in [0, 0.05) is 12.3 Å². The first-order valence-electron chi connectivity index (χ1n) is 8.11. The van der Waals surface area contributed by atoms with Gasteiger partial charge >= 0.3 is 0 Å². The summed E-state index contributed by atoms with van der Waals surface area (Å²) in [5.74, 6) is 1.69. The molecule has 1 saturated carbocycles. The maximum Gasteiger partial charge on any atom is 0.0626 e. The quantitative estimate of drug-likeness (QED) is 0.715. The van der Waals surface area contributed by atoms with E-state index in [1.165, 1.54) is 49.8 Å². The molecule has 1 aliphatic carbocycles. The van der Waals surface area contributed by atoms with Crippen LogP contribution in [0.1, 0.15) is 51.5 Å². The Bertz CT molecular complexity index is 482. The molecule has 0 N–H and O–H groups in total. The molecule has 0 amide bonds. The third-order valence-electron chi connectivity index (χ3n) is 4.80. The molecule has 0 bridgehead atoms. The van der Waals surface area contributed by atoms with Crippen LogP contribution < -0.4 is 5.01 Å². The number of nitrogens with zero attached hydrogens (tertiary/aromatic N) is 2. The third kappa shape index (κ3) is 2.89. The lowest BCUT2D eigenvalue weighted by Gasteiger charge is -2.38. The predicted molar refractivity (Wildman–Crippen MR) is 86.3 cm³/mol. The molecule has 1 atom stereocenters. The van der Waals surface area contributed by atoms with Gasteiger partial charge in [0.15, 0.2) is 0 Å². The van der Waals surface area contributed by atoms with Gasteiger partial charge in [-0.2, -0.15) is 5.10 Å². The highest BCUT2D eigenvalue weighted by Crippen LogP contribution is 2.38. The van der Waals surface area contributed by atoms with Crippen molar-refractivity contribution < 1.29 is 0 Å². The van der Waals surface area contributed by atoms with Gasteiger partial charge in [0.2, 0.25) is 0 Å². The number of hydrogen-bond donors (Lipinski definition) is 0. The molecular weight excluding hydrogens is 244 g/mol. The van der Waals surface area contributed by atoms with Crippen LogP contribution in [0.25, 0.3) is 0 Å². The summed E-state index contributed by atoms with van der Waals surface area (Å²) in [6, 6.07) is 8.81. The highest BCUT2D eigenvalue weighted by molar-refractivity contribution is 5.80. The van der Waals surface area contributed by atoms with E-state index in [2.05, 4.69) is 43.1 Å². The van der Waals surface area contributed by atoms with Crippen molar-refractivity contribution in [2.75, 3.05) is 11.6 Å². The second-order valence-corrected chi connectivity index (χ2v) is 6.62. The van der Waals surface area contributed by atoms with E-state index >= 15 is 0 Å². The first-order valence-corrected chi connectivity index (χ1v) is 8.11. The average molecular weight is 270 g/mol. The van der Waals surface area contributed by atoms with Crippen molar-refractivity contribution in [3.8, 4) is 0 Å². The molecule has 1 fully saturated rings. The molecule has 1 heterocycles. The van der Waals surface area contributed by atoms with Crippen molar-refractivity contribution in [3.05, 3.63) is 29.8 Å². The number of rotatable bonds is 2. The van der Waals surface area contributed by atoms with Crippen LogP contribution in [0.4, 0.5) is 5.69 Å². The van der Waals surface area contributed by atoms with E-state index in [4.69, 9.17) is 5.10 Å². The third-order valence-corrected chi connectivity index (χ3v) is 4.80. The smallest absolute Gasteiger partial charge is 0.0626 e. The van der Waals surface area contributed by atoms with E-state index in [1.807, 2.05) is 0 Å². The van der Waals surface area contributed by atoms with E-state index < -0.39 is 0 Å². The molecule has 20 heavy (non-hydrogen) atoms. The molecule has 0 aromatic heterocycles. The Hall–Kier alpha value is -1.31. The minimum atomic E-state index is 0.785. The fraction of sp³-hybridized carbons (Fsp3) is 0.611. The van der Waals surface area contributed by atoms with E-state index in [0.717, 1.165) is 24.1 Å². The second-order valence-electron chi connectivity index (χ2n) is 6.62. The van der Waals surface area contributed by atoms with Gasteiger partial charge in [-0.3, -0.25) is 5.01 Å². The van der Waals surface area contributed by atoms with Crippen molar-refractivity contribution in [3.63, 3.8) is 0 Å². The van der Waals surface area contributed by atoms with E-state index in [0.29, 0.717) is 0 Å². The topological polar surface area (TPSA) is 15.6 Å². The van der Waals surface area contributed by atoms with Crippen LogP contribution in [0.15, 0.2) is 29.4 Å². The molecule has 1 unspecified atom stereocenters. The fourth-order valence-corrected chi connectivity index (χ4v) is 3.86. The van der Waals surface area contributed by atoms with Gasteiger partial charge in [0.25, 0.3) is 0 Å². The standard InChI is InChI=1S/C18H26N2/c1-14(2)19-20-13-17(15-8-4-3-5-9-15)12-16-10-6-7-11-18(16)20/h6-7,10-11,15,17H,3-5,8-9,12-13H2,1-2H3. The summed E-state index contributed by atoms with van der Waals surface area (Å²) >= 11 is 0. The summed E-state index contributed by atoms with van der Waals surface area (Å²) in [4.78, 5) is 0. The van der Waals surface area contributed by atoms with Crippen molar-refractivity contribution >= 4 is 11.4 Å². The van der Waals surface area contributed by atoms with Gasteiger partial charge in [-0.1, -0.05) is 50.3 Å². The molecule has 2 aliphatic rings. The zero-order chi connectivity index (χ0) is 13.9. The van der Waals surface area contributed by atoms with E-state index in [1.54, 1.807) is 0 Å². The van der Waals surface area contributed by atoms with Gasteiger partial charge < -0.3 is 0 Å². The zero-order valence-electron chi connectivity index (χ0n) is 12.8. The van der Waals surface area contributed by atoms with Crippen LogP contribution in [-0.4, -0.2) is 12.3 Å². The first kappa shape index (κ1) is 13.7. The number of hydrazone groups is 1. The van der Waals surface area contributed by atoms with Gasteiger partial charge in [0.1, 0.15) is 0 Å². The summed E-state index contributed by atoms with van der Waals surface area (Å²) in [5.41, 5.74) is 3.95. The summed E-state index contributed by atoms with van der Waals surface area (Å²) < 4.78 is 0. The Morgan fingerprint density at radius 3 is 2.55 bits per heavy atom. The summed E-state index contributed by atoms with van der Waals surface area (Å²) in [7, 11) is 0. The number of hydrogen-bond acceptors (Lipinski definition) is 2. The molecule has 1 aromatic carbocycles. The van der Waals surface area contributed by atoms with Crippen molar-refractivity contribution in [2.45, 2.75) is 52.4 Å². The maximum atomic E-state index is 4.77. The number of anilines is 1. The maximum absolute atomic E-state index is 4.77. The molecule has 1 aromatic rings. The largest absolute Gasteiger partial charge is 0.265 e. The average Bonchev–Trinajstić information content (AvgIpc) is 2.47. The van der Waals surface area contributed by atoms with Gasteiger partial charge in [-0.05, 0) is 43.7 Å². The Kier molecular flexibility index (Phi) is 4.09. The molecule has 0 radical (unpaired) electrons. The zero-order valence-corrected chi connectivity index (χ0v) is 12.8. The summed E-state index contributed by atoms with van der Waals surface area (Å²) in [6.07, 6.45) is 8.40. The molecule has 0 saturated heterocycles. The van der Waals surface area contributed by atoms with Crippen molar-refractivity contribution in [2.24, 2.45) is 16.9 Å². The monoisotopic (exact) mass is 270 g/mol. The normalized spacial score (nSPS) is 23.3. The highest BCUT2D eigenvalue weighted by atomic mass is 15.5. The lowest BCUT2D eigenvalue weighted by molar-refractivity contribution is 0.243. The lowest BCUT2D eigenvalue weighted by atomic mass is 9.76. The van der Waals surface area contributed by atoms with Crippen molar-refractivity contribution in [1.29, 1.82) is 0 Å². The summed E-state index contributed by atoms with van der Waals surface area (Å²) in [5, 5.41) is 7.03. The number of fused-ring (bicyclic) bond motifs is 1. The SMILES string of the molecule is CC(C)=NN1CC(C2CCCCC2)Cc2ccccc21. The van der Waals surface area contributed by atoms with Gasteiger partial charge in [-0.25, -0.2) is 0 Å². The Morgan fingerprint density at radius 2 is 1.80 bits per heavy atom. The van der Waals surface area contributed by atoms with Crippen LogP contribution in [0.2, 0.25) is 0 Å². The first-order chi connectivity index (χ1) is 9.74. The molecule has 3 rings (SSSR count). The van der Waals surface area contributed by atoms with E-state index in [9.17, 15) is 0 Å². The van der Waals surface area contributed by atoms with Gasteiger partial charge in [-0.15, -0.1) is 0 Å². The van der Waals surface area contributed by atoms with Gasteiger partial charge in [0.05, 0.1) is 5.69 Å². The highest BCUT2D eigenvalue weighted by Gasteiger charge is 2.30. The molecular formula is C18H26N2. The van der Waals surface area contributed by atoms with Crippen LogP contribution >= 0.6 is 0 Å². The Labute approximate surface area is 122 Å². The van der Waals surface area contributed by atoms with Crippen LogP contribution in [0.5, 0.6) is 0 Å². The fourth-order valence-electron chi connectivity index (χ4n) is 3.86. The molecule has 108 valence electrons. The Balaban J connectivity index is 1.85. The molecule has 2 heteroatoms. The summed E-state index contributed by atoms with van der Waals surface area (Å²) in [6.45, 7) is 5.28. The Morgan fingerprint density at radius 1 is 1.05 bits per heavy atom. The van der Waals surface area contributed by atoms with E-state index in [-0.39, 0.29) is 0 Å². The minimum Gasteiger partial charge on any atom is -0.265 e. The molecule has 1 aliphatic heterocycles. The lowest BCUT2D eigenvalue weighted by Crippen LogP contribution is -2.36. The number of para-hydroxylation sites is 1. The van der Waals surface area contributed by atoms with Crippen LogP contribution in [0.3, 0.4) is 0 Å². The minimum absolute atomic E-state index is 0.785.